The van der Waals surface area contributed by atoms with Crippen LogP contribution >= 0.6 is 0 Å². The molecule has 0 radical (unpaired) electrons. The van der Waals surface area contributed by atoms with Crippen LogP contribution in [0.4, 0.5) is 14.5 Å². The van der Waals surface area contributed by atoms with E-state index >= 15 is 0 Å². The number of amides is 1. The highest BCUT2D eigenvalue weighted by Gasteiger charge is 2.32. The van der Waals surface area contributed by atoms with Crippen LogP contribution < -0.4 is 4.90 Å². The van der Waals surface area contributed by atoms with Gasteiger partial charge in [0, 0.05) is 19.6 Å². The number of anilines is 1. The minimum absolute atomic E-state index is 0.0114. The van der Waals surface area contributed by atoms with Crippen molar-refractivity contribution < 1.29 is 22.0 Å². The summed E-state index contributed by atoms with van der Waals surface area (Å²) in [5.41, 5.74) is 0.158. The highest BCUT2D eigenvalue weighted by atomic mass is 32.2. The summed E-state index contributed by atoms with van der Waals surface area (Å²) in [5.74, 6) is -3.28. The van der Waals surface area contributed by atoms with Crippen molar-refractivity contribution in [3.05, 3.63) is 24.3 Å². The van der Waals surface area contributed by atoms with E-state index in [-0.39, 0.29) is 18.1 Å². The molecule has 0 aromatic heterocycles. The molecule has 8 heteroatoms. The molecule has 1 saturated heterocycles. The molecule has 0 unspecified atom stereocenters. The van der Waals surface area contributed by atoms with E-state index in [9.17, 15) is 22.0 Å². The Kier molecular flexibility index (Phi) is 5.23. The normalized spacial score (nSPS) is 16.5. The quantitative estimate of drug-likeness (QED) is 0.818. The molecule has 1 heterocycles. The zero-order chi connectivity index (χ0) is 17.2. The molecule has 0 spiro atoms. The first-order valence-corrected chi connectivity index (χ1v) is 8.92. The molecule has 0 bridgehead atoms. The third-order valence-electron chi connectivity index (χ3n) is 3.65. The summed E-state index contributed by atoms with van der Waals surface area (Å²) in [6, 6.07) is 5.59. The Labute approximate surface area is 134 Å². The number of hydrogen-bond donors (Lipinski definition) is 0. The Morgan fingerprint density at radius 3 is 2.39 bits per heavy atom. The maximum absolute atomic E-state index is 12.8. The van der Waals surface area contributed by atoms with Crippen LogP contribution in [0.15, 0.2) is 29.2 Å². The Morgan fingerprint density at radius 2 is 1.83 bits per heavy atom. The summed E-state index contributed by atoms with van der Waals surface area (Å²) >= 11 is 0. The van der Waals surface area contributed by atoms with Gasteiger partial charge < -0.3 is 9.80 Å². The van der Waals surface area contributed by atoms with Crippen LogP contribution in [0.25, 0.3) is 0 Å². The topological polar surface area (TPSA) is 57.7 Å². The van der Waals surface area contributed by atoms with Crippen molar-refractivity contribution in [3.8, 4) is 0 Å². The minimum Gasteiger partial charge on any atom is -0.359 e. The summed E-state index contributed by atoms with van der Waals surface area (Å²) in [4.78, 5) is 15.0. The molecule has 1 fully saturated rings. The first-order chi connectivity index (χ1) is 10.7. The molecular weight excluding hydrogens is 326 g/mol. The number of alkyl halides is 2. The zero-order valence-electron chi connectivity index (χ0n) is 13.1. The molecular formula is C15H20F2N2O3S. The van der Waals surface area contributed by atoms with Crippen molar-refractivity contribution in [3.63, 3.8) is 0 Å². The predicted molar refractivity (Wildman–Crippen MR) is 83.3 cm³/mol. The van der Waals surface area contributed by atoms with Gasteiger partial charge >= 0.3 is 5.76 Å². The fourth-order valence-electron chi connectivity index (χ4n) is 2.60. The third-order valence-corrected chi connectivity index (χ3v) is 5.08. The number of halogens is 2. The summed E-state index contributed by atoms with van der Waals surface area (Å²) < 4.78 is 49.3. The lowest BCUT2D eigenvalue weighted by Gasteiger charge is -2.37. The second-order valence-corrected chi connectivity index (χ2v) is 7.81. The molecule has 128 valence electrons. The number of sulfone groups is 1. The lowest BCUT2D eigenvalue weighted by Crippen LogP contribution is -2.51. The smallest absolute Gasteiger partial charge is 0.341 e. The molecule has 0 aliphatic carbocycles. The second-order valence-electron chi connectivity index (χ2n) is 5.93. The Morgan fingerprint density at radius 1 is 1.17 bits per heavy atom. The van der Waals surface area contributed by atoms with Crippen LogP contribution in [0.5, 0.6) is 0 Å². The van der Waals surface area contributed by atoms with Crippen LogP contribution in [-0.4, -0.2) is 51.2 Å². The lowest BCUT2D eigenvalue weighted by molar-refractivity contribution is -0.131. The first-order valence-electron chi connectivity index (χ1n) is 7.37. The van der Waals surface area contributed by atoms with Crippen LogP contribution in [0, 0.1) is 5.92 Å². The number of nitrogens with zero attached hydrogens (tertiary/aromatic N) is 2. The molecule has 1 aromatic rings. The Hall–Kier alpha value is -1.70. The third kappa shape index (κ3) is 3.80. The first kappa shape index (κ1) is 17.7. The summed E-state index contributed by atoms with van der Waals surface area (Å²) in [6.07, 6.45) is 0. The average molecular weight is 346 g/mol. The molecule has 1 aromatic carbocycles. The molecule has 2 rings (SSSR count). The van der Waals surface area contributed by atoms with Crippen molar-refractivity contribution in [2.45, 2.75) is 24.5 Å². The molecule has 1 aliphatic rings. The van der Waals surface area contributed by atoms with E-state index in [0.29, 0.717) is 25.6 Å². The van der Waals surface area contributed by atoms with Gasteiger partial charge in [-0.25, -0.2) is 8.42 Å². The molecule has 0 N–H and O–H groups in total. The van der Waals surface area contributed by atoms with Gasteiger partial charge in [0.15, 0.2) is 0 Å². The monoisotopic (exact) mass is 346 g/mol. The maximum Gasteiger partial charge on any atom is 0.341 e. The Balaban J connectivity index is 2.27. The van der Waals surface area contributed by atoms with Crippen LogP contribution in [0.2, 0.25) is 0 Å². The maximum atomic E-state index is 12.8. The molecule has 5 nitrogen and oxygen atoms in total. The van der Waals surface area contributed by atoms with Crippen molar-refractivity contribution >= 4 is 21.4 Å². The van der Waals surface area contributed by atoms with Gasteiger partial charge in [-0.2, -0.15) is 8.78 Å². The zero-order valence-corrected chi connectivity index (χ0v) is 13.9. The molecule has 0 atom stereocenters. The van der Waals surface area contributed by atoms with E-state index < -0.39 is 20.5 Å². The van der Waals surface area contributed by atoms with Gasteiger partial charge in [-0.15, -0.1) is 0 Å². The van der Waals surface area contributed by atoms with Crippen molar-refractivity contribution in [1.29, 1.82) is 0 Å². The number of hydrogen-bond acceptors (Lipinski definition) is 4. The number of rotatable bonds is 5. The van der Waals surface area contributed by atoms with Crippen LogP contribution in [0.3, 0.4) is 0 Å². The fourth-order valence-corrected chi connectivity index (χ4v) is 3.55. The Bertz CT molecular complexity index is 677. The van der Waals surface area contributed by atoms with E-state index in [1.165, 1.54) is 12.1 Å². The van der Waals surface area contributed by atoms with Crippen molar-refractivity contribution in [1.82, 2.24) is 4.90 Å². The van der Waals surface area contributed by atoms with Crippen molar-refractivity contribution in [2.24, 2.45) is 5.92 Å². The number of para-hydroxylation sites is 1. The summed E-state index contributed by atoms with van der Waals surface area (Å²) in [7, 11) is -4.71. The van der Waals surface area contributed by atoms with Gasteiger partial charge in [0.25, 0.3) is 0 Å². The van der Waals surface area contributed by atoms with Crippen LogP contribution in [0.1, 0.15) is 13.8 Å². The lowest BCUT2D eigenvalue weighted by atomic mass is 10.1. The number of benzene rings is 1. The number of piperazine rings is 1. The summed E-state index contributed by atoms with van der Waals surface area (Å²) in [6.45, 7) is 5.48. The van der Waals surface area contributed by atoms with Gasteiger partial charge in [-0.05, 0) is 18.1 Å². The molecule has 23 heavy (non-hydrogen) atoms. The largest absolute Gasteiger partial charge is 0.359 e. The summed E-state index contributed by atoms with van der Waals surface area (Å²) in [5, 5.41) is 0. The standard InChI is InChI=1S/C15H20F2N2O3S/c1-11(2)9-19-8-7-18(10-14(19)20)12-5-3-4-6-13(12)23(21,22)15(16)17/h3-6,11,15H,7-10H2,1-2H3. The van der Waals surface area contributed by atoms with Gasteiger partial charge in [-0.3, -0.25) is 4.79 Å². The molecule has 0 saturated carbocycles. The van der Waals surface area contributed by atoms with Gasteiger partial charge in [0.2, 0.25) is 15.7 Å². The van der Waals surface area contributed by atoms with Crippen LogP contribution in [-0.2, 0) is 14.6 Å². The van der Waals surface area contributed by atoms with E-state index in [0.717, 1.165) is 6.07 Å². The number of carbonyl (C=O) groups excluding carboxylic acids is 1. The minimum atomic E-state index is -4.71. The van der Waals surface area contributed by atoms with E-state index in [4.69, 9.17) is 0 Å². The highest BCUT2D eigenvalue weighted by Crippen LogP contribution is 2.30. The SMILES string of the molecule is CC(C)CN1CCN(c2ccccc2S(=O)(=O)C(F)F)CC1=O. The van der Waals surface area contributed by atoms with Gasteiger partial charge in [0.05, 0.1) is 17.1 Å². The predicted octanol–water partition coefficient (Wildman–Crippen LogP) is 1.99. The molecule has 1 aliphatic heterocycles. The van der Waals surface area contributed by atoms with E-state index in [2.05, 4.69) is 0 Å². The van der Waals surface area contributed by atoms with Crippen molar-refractivity contribution in [2.75, 3.05) is 31.1 Å². The van der Waals surface area contributed by atoms with Gasteiger partial charge in [-0.1, -0.05) is 26.0 Å². The van der Waals surface area contributed by atoms with Gasteiger partial charge in [0.1, 0.15) is 0 Å². The van der Waals surface area contributed by atoms with E-state index in [1.54, 1.807) is 15.9 Å². The molecule has 1 amide bonds. The highest BCUT2D eigenvalue weighted by molar-refractivity contribution is 7.91. The second kappa shape index (κ2) is 6.82. The number of carbonyl (C=O) groups is 1. The average Bonchev–Trinajstić information content (AvgIpc) is 2.48. The fraction of sp³-hybridized carbons (Fsp3) is 0.533. The van der Waals surface area contributed by atoms with E-state index in [1.807, 2.05) is 13.8 Å².